The average Bonchev–Trinajstić information content (AvgIpc) is 3.36. The lowest BCUT2D eigenvalue weighted by Gasteiger charge is -2.27. The van der Waals surface area contributed by atoms with Crippen molar-refractivity contribution in [2.45, 2.75) is 52.5 Å². The molecule has 0 aliphatic carbocycles. The largest absolute Gasteiger partial charge is 0.475 e. The van der Waals surface area contributed by atoms with Crippen LogP contribution in [0.1, 0.15) is 49.5 Å². The standard InChI is InChI=1S/C18H22BN3O4.C2H4OS.C2H6.CH4S/c1-11-5-3-6-13-14(8-9-20-16(11)13)17(23)21-12(2)18(24)22-10-4-7-15(22)19(25)26;1-4-2-3;2*1-2/h3,5-6,8-9,12,15,25-26H,4,7,10H2,1-2H3,(H,21,23);2H,1H3;1-2H3;2H,1H3. The van der Waals surface area contributed by atoms with Crippen molar-refractivity contribution < 1.29 is 24.4 Å². The van der Waals surface area contributed by atoms with E-state index < -0.39 is 19.1 Å². The number of pyridine rings is 1. The van der Waals surface area contributed by atoms with E-state index in [1.807, 2.05) is 39.0 Å². The SMILES string of the molecule is CC.CS.CSC=O.Cc1cccc2c(C(=O)NC(C)C(=O)N3CCCC3B(O)O)ccnc12. The molecule has 11 heteroatoms. The lowest BCUT2D eigenvalue weighted by atomic mass is 9.78. The fourth-order valence-electron chi connectivity index (χ4n) is 3.48. The van der Waals surface area contributed by atoms with Gasteiger partial charge in [-0.25, -0.2) is 0 Å². The van der Waals surface area contributed by atoms with E-state index in [2.05, 4.69) is 22.9 Å². The molecule has 1 fully saturated rings. The van der Waals surface area contributed by atoms with Gasteiger partial charge in [0.05, 0.1) is 17.0 Å². The van der Waals surface area contributed by atoms with Gasteiger partial charge in [0, 0.05) is 18.1 Å². The van der Waals surface area contributed by atoms with Crippen LogP contribution in [-0.4, -0.2) is 75.5 Å². The Kier molecular flexibility index (Phi) is 16.3. The molecule has 1 saturated heterocycles. The average molecular weight is 510 g/mol. The van der Waals surface area contributed by atoms with Gasteiger partial charge in [-0.15, -0.1) is 0 Å². The maximum absolute atomic E-state index is 12.7. The second-order valence-electron chi connectivity index (χ2n) is 7.01. The Morgan fingerprint density at radius 2 is 1.91 bits per heavy atom. The number of hydrogen-bond donors (Lipinski definition) is 4. The number of rotatable bonds is 5. The number of likely N-dealkylation sites (tertiary alicyclic amines) is 1. The van der Waals surface area contributed by atoms with E-state index in [4.69, 9.17) is 4.79 Å². The summed E-state index contributed by atoms with van der Waals surface area (Å²) in [7, 11) is -1.57. The van der Waals surface area contributed by atoms with Crippen molar-refractivity contribution in [3.63, 3.8) is 0 Å². The smallest absolute Gasteiger partial charge is 0.426 e. The van der Waals surface area contributed by atoms with Crippen LogP contribution in [0.4, 0.5) is 0 Å². The molecule has 8 nitrogen and oxygen atoms in total. The number of fused-ring (bicyclic) bond motifs is 1. The Bertz CT molecular complexity index is 917. The first-order valence-corrected chi connectivity index (χ1v) is 13.2. The Hall–Kier alpha value is -2.08. The molecule has 34 heavy (non-hydrogen) atoms. The fourth-order valence-corrected chi connectivity index (χ4v) is 3.48. The Balaban J connectivity index is 0.00000121. The molecule has 2 amide bonds. The number of amides is 2. The van der Waals surface area contributed by atoms with Crippen LogP contribution in [0.2, 0.25) is 0 Å². The third-order valence-electron chi connectivity index (χ3n) is 4.96. The third kappa shape index (κ3) is 8.94. The highest BCUT2D eigenvalue weighted by Gasteiger charge is 2.38. The molecule has 2 aromatic rings. The minimum absolute atomic E-state index is 0.316. The summed E-state index contributed by atoms with van der Waals surface area (Å²) in [4.78, 5) is 40.2. The summed E-state index contributed by atoms with van der Waals surface area (Å²) >= 11 is 4.70. The molecule has 1 aliphatic rings. The summed E-state index contributed by atoms with van der Waals surface area (Å²) in [5, 5.41) is 22.3. The summed E-state index contributed by atoms with van der Waals surface area (Å²) < 4.78 is 0. The van der Waals surface area contributed by atoms with E-state index in [1.165, 1.54) is 16.7 Å². The van der Waals surface area contributed by atoms with E-state index in [1.54, 1.807) is 31.7 Å². The molecule has 0 radical (unpaired) electrons. The summed E-state index contributed by atoms with van der Waals surface area (Å²) in [6.07, 6.45) is 6.25. The van der Waals surface area contributed by atoms with Crippen LogP contribution in [0.25, 0.3) is 10.9 Å². The van der Waals surface area contributed by atoms with Gasteiger partial charge in [0.15, 0.2) is 5.62 Å². The third-order valence-corrected chi connectivity index (χ3v) is 5.15. The number of aryl methyl sites for hydroxylation is 1. The highest BCUT2D eigenvalue weighted by atomic mass is 32.2. The van der Waals surface area contributed by atoms with E-state index in [0.717, 1.165) is 22.1 Å². The normalized spacial score (nSPS) is 14.9. The number of benzene rings is 1. The molecule has 188 valence electrons. The van der Waals surface area contributed by atoms with Gasteiger partial charge in [0.1, 0.15) is 6.04 Å². The second kappa shape index (κ2) is 17.4. The predicted octanol–water partition coefficient (Wildman–Crippen LogP) is 2.78. The first-order chi connectivity index (χ1) is 16.3. The van der Waals surface area contributed by atoms with E-state index in [9.17, 15) is 19.6 Å². The number of carbonyl (C=O) groups is 3. The topological polar surface area (TPSA) is 120 Å². The molecule has 1 aromatic carbocycles. The number of thiol groups is 1. The van der Waals surface area contributed by atoms with Crippen molar-refractivity contribution in [1.82, 2.24) is 15.2 Å². The Morgan fingerprint density at radius 1 is 1.29 bits per heavy atom. The van der Waals surface area contributed by atoms with Gasteiger partial charge in [-0.05, 0) is 50.8 Å². The van der Waals surface area contributed by atoms with Crippen molar-refractivity contribution in [2.75, 3.05) is 19.1 Å². The number of nitrogens with zero attached hydrogens (tertiary/aromatic N) is 2. The zero-order chi connectivity index (χ0) is 26.3. The number of carbonyl (C=O) groups excluding carboxylic acids is 3. The second-order valence-corrected chi connectivity index (χ2v) is 7.68. The maximum atomic E-state index is 12.7. The molecule has 3 rings (SSSR count). The van der Waals surface area contributed by atoms with Gasteiger partial charge in [0.2, 0.25) is 5.91 Å². The first-order valence-electron chi connectivity index (χ1n) is 11.0. The van der Waals surface area contributed by atoms with Crippen LogP contribution in [0.3, 0.4) is 0 Å². The summed E-state index contributed by atoms with van der Waals surface area (Å²) in [5.41, 5.74) is 2.97. The van der Waals surface area contributed by atoms with Crippen LogP contribution in [0.15, 0.2) is 30.5 Å². The highest BCUT2D eigenvalue weighted by Crippen LogP contribution is 2.21. The number of thioether (sulfide) groups is 1. The molecular formula is C23H36BN3O5S2. The van der Waals surface area contributed by atoms with Crippen molar-refractivity contribution in [2.24, 2.45) is 0 Å². The monoisotopic (exact) mass is 509 g/mol. The van der Waals surface area contributed by atoms with Crippen molar-refractivity contribution in [1.29, 1.82) is 0 Å². The number of hydrogen-bond acceptors (Lipinski definition) is 8. The fraction of sp³-hybridized carbons (Fsp3) is 0.478. The van der Waals surface area contributed by atoms with Gasteiger partial charge in [0.25, 0.3) is 5.91 Å². The van der Waals surface area contributed by atoms with Crippen LogP contribution in [-0.2, 0) is 9.59 Å². The van der Waals surface area contributed by atoms with E-state index in [0.29, 0.717) is 24.9 Å². The maximum Gasteiger partial charge on any atom is 0.475 e. The van der Waals surface area contributed by atoms with Crippen LogP contribution in [0.5, 0.6) is 0 Å². The first kappa shape index (κ1) is 31.9. The number of para-hydroxylation sites is 1. The van der Waals surface area contributed by atoms with Gasteiger partial charge < -0.3 is 20.3 Å². The minimum Gasteiger partial charge on any atom is -0.426 e. The van der Waals surface area contributed by atoms with Crippen molar-refractivity contribution in [3.8, 4) is 0 Å². The van der Waals surface area contributed by atoms with Gasteiger partial charge in [-0.2, -0.15) is 12.6 Å². The molecular weight excluding hydrogens is 473 g/mol. The van der Waals surface area contributed by atoms with Crippen LogP contribution >= 0.6 is 24.4 Å². The highest BCUT2D eigenvalue weighted by molar-refractivity contribution is 8.11. The van der Waals surface area contributed by atoms with E-state index in [-0.39, 0.29) is 11.8 Å². The van der Waals surface area contributed by atoms with Crippen LogP contribution < -0.4 is 5.32 Å². The molecule has 2 atom stereocenters. The van der Waals surface area contributed by atoms with Gasteiger partial charge in [-0.3, -0.25) is 19.4 Å². The van der Waals surface area contributed by atoms with Gasteiger partial charge >= 0.3 is 7.12 Å². The minimum atomic E-state index is -1.57. The van der Waals surface area contributed by atoms with E-state index >= 15 is 0 Å². The molecule has 0 spiro atoms. The van der Waals surface area contributed by atoms with Crippen molar-refractivity contribution in [3.05, 3.63) is 41.6 Å². The lowest BCUT2D eigenvalue weighted by Crippen LogP contribution is -2.52. The summed E-state index contributed by atoms with van der Waals surface area (Å²) in [5.74, 6) is -1.29. The Morgan fingerprint density at radius 3 is 2.47 bits per heavy atom. The number of aromatic nitrogens is 1. The predicted molar refractivity (Wildman–Crippen MR) is 145 cm³/mol. The van der Waals surface area contributed by atoms with Crippen molar-refractivity contribution >= 4 is 59.8 Å². The zero-order valence-corrected chi connectivity index (χ0v) is 22.4. The molecule has 3 N–H and O–H groups in total. The number of nitrogens with one attached hydrogen (secondary N) is 1. The molecule has 1 aliphatic heterocycles. The molecule has 2 unspecified atom stereocenters. The Labute approximate surface area is 212 Å². The molecule has 0 bridgehead atoms. The molecule has 2 heterocycles. The lowest BCUT2D eigenvalue weighted by molar-refractivity contribution is -0.132. The summed E-state index contributed by atoms with van der Waals surface area (Å²) in [6.45, 7) is 7.99. The zero-order valence-electron chi connectivity index (χ0n) is 20.7. The molecule has 1 aromatic heterocycles. The summed E-state index contributed by atoms with van der Waals surface area (Å²) in [6, 6.07) is 6.48. The molecule has 0 saturated carbocycles. The van der Waals surface area contributed by atoms with Gasteiger partial charge in [-0.1, -0.05) is 43.8 Å². The van der Waals surface area contributed by atoms with Crippen LogP contribution in [0, 0.1) is 6.92 Å². The quantitative estimate of drug-likeness (QED) is 0.278.